The molecule has 0 spiro atoms. The zero-order chi connectivity index (χ0) is 29.2. The molecule has 2 heterocycles. The van der Waals surface area contributed by atoms with Gasteiger partial charge < -0.3 is 20.9 Å². The summed E-state index contributed by atoms with van der Waals surface area (Å²) in [7, 11) is 1.49. The summed E-state index contributed by atoms with van der Waals surface area (Å²) in [4.78, 5) is 17.4. The molecule has 2 aliphatic rings. The van der Waals surface area contributed by atoms with Crippen molar-refractivity contribution in [2.75, 3.05) is 12.8 Å². The van der Waals surface area contributed by atoms with Gasteiger partial charge in [0.25, 0.3) is 0 Å². The minimum atomic E-state index is -0.133. The third-order valence-electron chi connectivity index (χ3n) is 8.81. The smallest absolute Gasteiger partial charge is 0.226 e. The Bertz CT molecular complexity index is 1600. The second kappa shape index (κ2) is 12.2. The Hall–Kier alpha value is -3.85. The maximum absolute atomic E-state index is 12.4. The van der Waals surface area contributed by atoms with Gasteiger partial charge in [0.2, 0.25) is 5.91 Å². The van der Waals surface area contributed by atoms with E-state index in [0.717, 1.165) is 48.0 Å². The number of hydrogen-bond acceptors (Lipinski definition) is 7. The molecular weight excluding hydrogens is 552 g/mol. The number of amides is 1. The molecule has 2 aromatic heterocycles. The van der Waals surface area contributed by atoms with Crippen molar-refractivity contribution in [1.82, 2.24) is 25.3 Å². The fourth-order valence-corrected chi connectivity index (χ4v) is 7.08. The van der Waals surface area contributed by atoms with E-state index in [4.69, 9.17) is 27.1 Å². The predicted molar refractivity (Wildman–Crippen MR) is 163 cm³/mol. The summed E-state index contributed by atoms with van der Waals surface area (Å²) >= 11 is 6.22. The zero-order valence-electron chi connectivity index (χ0n) is 23.9. The van der Waals surface area contributed by atoms with Gasteiger partial charge in [-0.1, -0.05) is 35.7 Å². The molecule has 0 aliphatic heterocycles. The molecule has 4 aromatic rings. The van der Waals surface area contributed by atoms with Crippen LogP contribution >= 0.6 is 11.6 Å². The largest absolute Gasteiger partial charge is 0.504 e. The van der Waals surface area contributed by atoms with E-state index in [1.807, 2.05) is 29.1 Å². The number of aryl methyl sites for hydroxylation is 1. The third kappa shape index (κ3) is 6.16. The van der Waals surface area contributed by atoms with Crippen LogP contribution in [0.4, 0.5) is 5.69 Å². The topological polar surface area (TPSA) is 128 Å². The van der Waals surface area contributed by atoms with Crippen molar-refractivity contribution in [3.05, 3.63) is 70.1 Å². The maximum atomic E-state index is 12.4. The molecule has 3 atom stereocenters. The van der Waals surface area contributed by atoms with Crippen LogP contribution in [0.2, 0.25) is 5.02 Å². The van der Waals surface area contributed by atoms with Crippen LogP contribution in [-0.2, 0) is 30.7 Å². The monoisotopic (exact) mass is 588 g/mol. The van der Waals surface area contributed by atoms with E-state index >= 15 is 0 Å². The Kier molecular flexibility index (Phi) is 8.20. The molecule has 4 N–H and O–H groups in total. The molecule has 42 heavy (non-hydrogen) atoms. The average Bonchev–Trinajstić information content (AvgIpc) is 3.41. The van der Waals surface area contributed by atoms with Crippen LogP contribution in [0.5, 0.6) is 11.5 Å². The number of carbonyl (C=O) groups is 1. The number of aromatic hydroxyl groups is 1. The number of nitrogen functional groups attached to an aromatic ring is 1. The van der Waals surface area contributed by atoms with Gasteiger partial charge in [0.1, 0.15) is 0 Å². The molecule has 2 aliphatic carbocycles. The molecule has 1 amide bonds. The minimum Gasteiger partial charge on any atom is -0.504 e. The van der Waals surface area contributed by atoms with Crippen molar-refractivity contribution < 1.29 is 14.6 Å². The number of halogens is 1. The molecule has 0 saturated heterocycles. The van der Waals surface area contributed by atoms with Crippen molar-refractivity contribution in [1.29, 1.82) is 0 Å². The Balaban J connectivity index is 0.961. The molecule has 9 nitrogen and oxygen atoms in total. The number of aromatic nitrogens is 4. The Labute approximate surface area is 250 Å². The maximum Gasteiger partial charge on any atom is 0.226 e. The first-order valence-electron chi connectivity index (χ1n) is 14.8. The highest BCUT2D eigenvalue weighted by atomic mass is 35.5. The second-order valence-electron chi connectivity index (χ2n) is 11.8. The van der Waals surface area contributed by atoms with Crippen LogP contribution in [0, 0.1) is 11.8 Å². The summed E-state index contributed by atoms with van der Waals surface area (Å²) in [5.74, 6) is 2.18. The standard InChI is InChI=1S/C32H37ClN6O3/c1-42-29-14-20(5-8-28(29)40)17-35-30(41)16-24-18-39(38-37-24)9-3-2-4-19-10-21-12-22(11-19)31-27(13-21)36-26-15-23(33)6-7-25(26)32(31)34/h5-8,14-15,18-19,21-22,40H,2-4,9-13,16-17H2,1H3,(H2,34,36)(H,35,41). The molecule has 10 heteroatoms. The zero-order valence-corrected chi connectivity index (χ0v) is 24.6. The highest BCUT2D eigenvalue weighted by molar-refractivity contribution is 6.31. The van der Waals surface area contributed by atoms with Gasteiger partial charge in [-0.2, -0.15) is 0 Å². The van der Waals surface area contributed by atoms with Crippen LogP contribution < -0.4 is 15.8 Å². The molecule has 6 rings (SSSR count). The summed E-state index contributed by atoms with van der Waals surface area (Å²) in [5, 5.41) is 22.7. The first kappa shape index (κ1) is 28.3. The van der Waals surface area contributed by atoms with Gasteiger partial charge in [0.15, 0.2) is 11.5 Å². The van der Waals surface area contributed by atoms with Crippen molar-refractivity contribution in [2.45, 2.75) is 70.4 Å². The van der Waals surface area contributed by atoms with Gasteiger partial charge in [-0.3, -0.25) is 14.5 Å². The van der Waals surface area contributed by atoms with E-state index in [1.54, 1.807) is 18.2 Å². The van der Waals surface area contributed by atoms with Gasteiger partial charge in [-0.25, -0.2) is 0 Å². The summed E-state index contributed by atoms with van der Waals surface area (Å²) < 4.78 is 6.96. The highest BCUT2D eigenvalue weighted by Gasteiger charge is 2.37. The SMILES string of the molecule is COc1cc(CNC(=O)Cc2cn(CCCCC3CC4Cc5nc6cc(Cl)ccc6c(N)c5C(C3)C4)nn2)ccc1O. The van der Waals surface area contributed by atoms with Crippen LogP contribution in [0.15, 0.2) is 42.6 Å². The number of phenols is 1. The first-order chi connectivity index (χ1) is 20.4. The lowest BCUT2D eigenvalue weighted by molar-refractivity contribution is -0.120. The number of anilines is 1. The molecule has 2 bridgehead atoms. The van der Waals surface area contributed by atoms with Gasteiger partial charge in [0.05, 0.1) is 24.7 Å². The molecule has 1 saturated carbocycles. The molecule has 3 unspecified atom stereocenters. The van der Waals surface area contributed by atoms with Crippen molar-refractivity contribution in [3.63, 3.8) is 0 Å². The number of phenolic OH excluding ortho intramolecular Hbond substituents is 1. The number of nitrogens with one attached hydrogen (secondary N) is 1. The molecule has 0 radical (unpaired) electrons. The molecule has 1 fully saturated rings. The third-order valence-corrected chi connectivity index (χ3v) is 9.05. The predicted octanol–water partition coefficient (Wildman–Crippen LogP) is 5.56. The lowest BCUT2D eigenvalue weighted by atomic mass is 9.65. The number of pyridine rings is 1. The Morgan fingerprint density at radius 2 is 2.07 bits per heavy atom. The molecule has 220 valence electrons. The number of rotatable bonds is 10. The van der Waals surface area contributed by atoms with E-state index in [-0.39, 0.29) is 18.1 Å². The van der Waals surface area contributed by atoms with Crippen LogP contribution in [0.1, 0.15) is 67.0 Å². The minimum absolute atomic E-state index is 0.0687. The van der Waals surface area contributed by atoms with Crippen LogP contribution in [0.25, 0.3) is 10.9 Å². The van der Waals surface area contributed by atoms with E-state index in [2.05, 4.69) is 15.6 Å². The number of fused-ring (bicyclic) bond motifs is 5. The van der Waals surface area contributed by atoms with Crippen LogP contribution in [-0.4, -0.2) is 38.1 Å². The first-order valence-corrected chi connectivity index (χ1v) is 15.1. The van der Waals surface area contributed by atoms with Crippen molar-refractivity contribution >= 4 is 34.1 Å². The number of methoxy groups -OCH3 is 1. The summed E-state index contributed by atoms with van der Waals surface area (Å²) in [6.07, 6.45) is 10.0. The molecule has 2 aromatic carbocycles. The van der Waals surface area contributed by atoms with Gasteiger partial charge in [0, 0.05) is 46.6 Å². The number of benzene rings is 2. The van der Waals surface area contributed by atoms with E-state index in [9.17, 15) is 9.90 Å². The summed E-state index contributed by atoms with van der Waals surface area (Å²) in [6, 6.07) is 10.8. The van der Waals surface area contributed by atoms with Gasteiger partial charge in [-0.15, -0.1) is 5.10 Å². The summed E-state index contributed by atoms with van der Waals surface area (Å²) in [5.41, 5.74) is 12.5. The van der Waals surface area contributed by atoms with Crippen LogP contribution in [0.3, 0.4) is 0 Å². The second-order valence-corrected chi connectivity index (χ2v) is 12.3. The average molecular weight is 589 g/mol. The fraction of sp³-hybridized carbons (Fsp3) is 0.438. The number of carbonyl (C=O) groups excluding carboxylic acids is 1. The fourth-order valence-electron chi connectivity index (χ4n) is 6.91. The van der Waals surface area contributed by atoms with Crippen molar-refractivity contribution in [3.8, 4) is 11.5 Å². The van der Waals surface area contributed by atoms with E-state index in [0.29, 0.717) is 40.8 Å². The lowest BCUT2D eigenvalue weighted by Gasteiger charge is -2.40. The number of unbranched alkanes of at least 4 members (excludes halogenated alkanes) is 1. The Morgan fingerprint density at radius 1 is 1.19 bits per heavy atom. The van der Waals surface area contributed by atoms with Crippen molar-refractivity contribution in [2.24, 2.45) is 11.8 Å². The van der Waals surface area contributed by atoms with Gasteiger partial charge in [-0.05, 0) is 85.8 Å². The van der Waals surface area contributed by atoms with E-state index < -0.39 is 0 Å². The van der Waals surface area contributed by atoms with E-state index in [1.165, 1.54) is 44.1 Å². The van der Waals surface area contributed by atoms with Gasteiger partial charge >= 0.3 is 0 Å². The quantitative estimate of drug-likeness (QED) is 0.207. The number of ether oxygens (including phenoxy) is 1. The number of nitrogens with zero attached hydrogens (tertiary/aromatic N) is 4. The lowest BCUT2D eigenvalue weighted by Crippen LogP contribution is -2.30. The number of hydrogen-bond donors (Lipinski definition) is 3. The highest BCUT2D eigenvalue weighted by Crippen LogP contribution is 2.50. The summed E-state index contributed by atoms with van der Waals surface area (Å²) in [6.45, 7) is 1.13. The normalized spacial score (nSPS) is 19.4. The Morgan fingerprint density at radius 3 is 2.93 bits per heavy atom. The number of nitrogens with two attached hydrogens (primary N) is 1. The molecular formula is C32H37ClN6O3.